The molecule has 0 aliphatic carbocycles. The van der Waals surface area contributed by atoms with Crippen molar-refractivity contribution in [2.75, 3.05) is 7.05 Å². The van der Waals surface area contributed by atoms with Crippen LogP contribution in [0.3, 0.4) is 0 Å². The number of aryl methyl sites for hydroxylation is 1. The third-order valence-electron chi connectivity index (χ3n) is 4.74. The van der Waals surface area contributed by atoms with Crippen LogP contribution in [0.4, 0.5) is 0 Å². The standard InChI is InChI=1S/C21H23N5S2/c1-4-25-20(16-10-6-5-9-15(16)2)23-26(21(25)27)14-24(3)13-19-22-17-11-7-8-12-18(17)28-19/h5-12H,4,13-14H2,1-3H3. The van der Waals surface area contributed by atoms with Crippen LogP contribution in [0.5, 0.6) is 0 Å². The first kappa shape index (κ1) is 19.0. The molecule has 4 rings (SSSR count). The minimum absolute atomic E-state index is 0.626. The van der Waals surface area contributed by atoms with E-state index >= 15 is 0 Å². The number of fused-ring (bicyclic) bond motifs is 1. The van der Waals surface area contributed by atoms with Crippen LogP contribution in [-0.4, -0.2) is 31.3 Å². The molecule has 0 spiro atoms. The maximum atomic E-state index is 5.71. The minimum Gasteiger partial charge on any atom is -0.300 e. The van der Waals surface area contributed by atoms with Crippen molar-refractivity contribution in [1.29, 1.82) is 0 Å². The summed E-state index contributed by atoms with van der Waals surface area (Å²) in [5, 5.41) is 5.95. The van der Waals surface area contributed by atoms with Gasteiger partial charge in [-0.25, -0.2) is 9.67 Å². The van der Waals surface area contributed by atoms with Gasteiger partial charge < -0.3 is 4.57 Å². The van der Waals surface area contributed by atoms with E-state index in [9.17, 15) is 0 Å². The summed E-state index contributed by atoms with van der Waals surface area (Å²) in [6, 6.07) is 16.6. The lowest BCUT2D eigenvalue weighted by atomic mass is 10.1. The lowest BCUT2D eigenvalue weighted by molar-refractivity contribution is 0.243. The highest BCUT2D eigenvalue weighted by atomic mass is 32.1. The first-order chi connectivity index (χ1) is 13.6. The van der Waals surface area contributed by atoms with Crippen LogP contribution in [0.15, 0.2) is 48.5 Å². The van der Waals surface area contributed by atoms with Crippen molar-refractivity contribution < 1.29 is 0 Å². The molecular weight excluding hydrogens is 386 g/mol. The molecule has 0 aliphatic rings. The first-order valence-electron chi connectivity index (χ1n) is 9.33. The van der Waals surface area contributed by atoms with E-state index in [0.29, 0.717) is 6.67 Å². The van der Waals surface area contributed by atoms with Gasteiger partial charge in [-0.1, -0.05) is 36.4 Å². The number of para-hydroxylation sites is 1. The Bertz CT molecular complexity index is 1140. The molecule has 0 bridgehead atoms. The number of thiazole rings is 1. The van der Waals surface area contributed by atoms with Gasteiger partial charge in [-0.15, -0.1) is 11.3 Å². The van der Waals surface area contributed by atoms with Gasteiger partial charge in [0.15, 0.2) is 10.6 Å². The smallest absolute Gasteiger partial charge is 0.199 e. The highest BCUT2D eigenvalue weighted by molar-refractivity contribution is 7.71. The molecular formula is C21H23N5S2. The quantitative estimate of drug-likeness (QED) is 0.415. The minimum atomic E-state index is 0.626. The summed E-state index contributed by atoms with van der Waals surface area (Å²) in [6.07, 6.45) is 0. The zero-order valence-corrected chi connectivity index (χ0v) is 17.9. The lowest BCUT2D eigenvalue weighted by Gasteiger charge is -2.14. The number of rotatable bonds is 6. The van der Waals surface area contributed by atoms with Crippen LogP contribution < -0.4 is 0 Å². The van der Waals surface area contributed by atoms with E-state index in [2.05, 4.69) is 60.7 Å². The Balaban J connectivity index is 1.59. The van der Waals surface area contributed by atoms with Crippen LogP contribution in [-0.2, 0) is 19.8 Å². The summed E-state index contributed by atoms with van der Waals surface area (Å²) in [7, 11) is 2.08. The highest BCUT2D eigenvalue weighted by Crippen LogP contribution is 2.24. The fourth-order valence-electron chi connectivity index (χ4n) is 3.34. The molecule has 28 heavy (non-hydrogen) atoms. The number of hydrogen-bond acceptors (Lipinski definition) is 5. The second kappa shape index (κ2) is 7.95. The van der Waals surface area contributed by atoms with E-state index in [-0.39, 0.29) is 0 Å². The predicted molar refractivity (Wildman–Crippen MR) is 118 cm³/mol. The SMILES string of the molecule is CCn1c(-c2ccccc2C)nn(CN(C)Cc2nc3ccccc3s2)c1=S. The Hall–Kier alpha value is -2.35. The molecule has 5 nitrogen and oxygen atoms in total. The van der Waals surface area contributed by atoms with Gasteiger partial charge in [-0.2, -0.15) is 5.10 Å². The second-order valence-corrected chi connectivity index (χ2v) is 8.38. The molecule has 0 atom stereocenters. The molecule has 0 amide bonds. The summed E-state index contributed by atoms with van der Waals surface area (Å²) in [5.41, 5.74) is 3.39. The van der Waals surface area contributed by atoms with Gasteiger partial charge in [0, 0.05) is 12.1 Å². The van der Waals surface area contributed by atoms with Crippen LogP contribution in [0.2, 0.25) is 0 Å². The van der Waals surface area contributed by atoms with Crippen LogP contribution in [0.1, 0.15) is 17.5 Å². The second-order valence-electron chi connectivity index (χ2n) is 6.90. The van der Waals surface area contributed by atoms with Gasteiger partial charge in [-0.05, 0) is 50.8 Å². The third-order valence-corrected chi connectivity index (χ3v) is 6.20. The van der Waals surface area contributed by atoms with Crippen LogP contribution >= 0.6 is 23.6 Å². The van der Waals surface area contributed by atoms with E-state index in [1.54, 1.807) is 11.3 Å². The molecule has 4 aromatic rings. The topological polar surface area (TPSA) is 38.9 Å². The summed E-state index contributed by atoms with van der Waals surface area (Å²) in [4.78, 5) is 6.93. The van der Waals surface area contributed by atoms with E-state index in [1.807, 2.05) is 22.9 Å². The molecule has 144 valence electrons. The van der Waals surface area contributed by atoms with Crippen molar-refractivity contribution in [3.05, 3.63) is 63.9 Å². The maximum Gasteiger partial charge on any atom is 0.199 e. The molecule has 0 N–H and O–H groups in total. The van der Waals surface area contributed by atoms with E-state index in [1.165, 1.54) is 10.3 Å². The van der Waals surface area contributed by atoms with E-state index in [4.69, 9.17) is 22.3 Å². The normalized spacial score (nSPS) is 11.6. The number of benzene rings is 2. The van der Waals surface area contributed by atoms with Crippen LogP contribution in [0.25, 0.3) is 21.6 Å². The lowest BCUT2D eigenvalue weighted by Crippen LogP contribution is -2.22. The van der Waals surface area contributed by atoms with Gasteiger partial charge >= 0.3 is 0 Å². The first-order valence-corrected chi connectivity index (χ1v) is 10.6. The molecule has 0 radical (unpaired) electrons. The van der Waals surface area contributed by atoms with Gasteiger partial charge in [0.25, 0.3) is 0 Å². The molecule has 2 aromatic carbocycles. The largest absolute Gasteiger partial charge is 0.300 e. The Morgan fingerprint density at radius 1 is 1.11 bits per heavy atom. The predicted octanol–water partition coefficient (Wildman–Crippen LogP) is 5.11. The average molecular weight is 410 g/mol. The number of aromatic nitrogens is 4. The van der Waals surface area contributed by atoms with Crippen molar-refractivity contribution >= 4 is 33.8 Å². The van der Waals surface area contributed by atoms with Gasteiger partial charge in [0.2, 0.25) is 0 Å². The summed E-state index contributed by atoms with van der Waals surface area (Å²) >= 11 is 7.45. The van der Waals surface area contributed by atoms with E-state index < -0.39 is 0 Å². The Labute approximate surface area is 173 Å². The highest BCUT2D eigenvalue weighted by Gasteiger charge is 2.15. The van der Waals surface area contributed by atoms with Gasteiger partial charge in [0.05, 0.1) is 23.4 Å². The molecule has 0 fully saturated rings. The molecule has 0 saturated carbocycles. The third kappa shape index (κ3) is 3.65. The molecule has 2 heterocycles. The summed E-state index contributed by atoms with van der Waals surface area (Å²) in [5.74, 6) is 0.930. The maximum absolute atomic E-state index is 5.71. The summed E-state index contributed by atoms with van der Waals surface area (Å²) < 4.78 is 5.98. The Kier molecular flexibility index (Phi) is 5.39. The molecule has 2 aromatic heterocycles. The van der Waals surface area contributed by atoms with Gasteiger partial charge in [-0.3, -0.25) is 4.90 Å². The van der Waals surface area contributed by atoms with Crippen molar-refractivity contribution in [2.45, 2.75) is 33.6 Å². The fraction of sp³-hybridized carbons (Fsp3) is 0.286. The van der Waals surface area contributed by atoms with Gasteiger partial charge in [0.1, 0.15) is 5.01 Å². The van der Waals surface area contributed by atoms with Crippen molar-refractivity contribution in [1.82, 2.24) is 24.2 Å². The molecule has 0 unspecified atom stereocenters. The average Bonchev–Trinajstić information content (AvgIpc) is 3.22. The van der Waals surface area contributed by atoms with Crippen molar-refractivity contribution in [3.63, 3.8) is 0 Å². The summed E-state index contributed by atoms with van der Waals surface area (Å²) in [6.45, 7) is 6.40. The Morgan fingerprint density at radius 2 is 1.86 bits per heavy atom. The zero-order valence-electron chi connectivity index (χ0n) is 16.3. The zero-order chi connectivity index (χ0) is 19.7. The molecule has 0 aliphatic heterocycles. The number of nitrogens with zero attached hydrogens (tertiary/aromatic N) is 5. The molecule has 0 saturated heterocycles. The van der Waals surface area contributed by atoms with Crippen molar-refractivity contribution in [2.24, 2.45) is 0 Å². The fourth-order valence-corrected chi connectivity index (χ4v) is 4.70. The van der Waals surface area contributed by atoms with E-state index in [0.717, 1.165) is 39.8 Å². The van der Waals surface area contributed by atoms with Crippen LogP contribution in [0, 0.1) is 11.7 Å². The Morgan fingerprint density at radius 3 is 2.61 bits per heavy atom. The number of hydrogen-bond donors (Lipinski definition) is 0. The monoisotopic (exact) mass is 409 g/mol. The van der Waals surface area contributed by atoms with Crippen molar-refractivity contribution in [3.8, 4) is 11.4 Å². The molecule has 7 heteroatoms.